The highest BCUT2D eigenvalue weighted by atomic mass is 16.7. The van der Waals surface area contributed by atoms with Gasteiger partial charge in [-0.25, -0.2) is 5.48 Å². The van der Waals surface area contributed by atoms with E-state index in [1.54, 1.807) is 0 Å². The Kier molecular flexibility index (Phi) is 4.29. The van der Waals surface area contributed by atoms with Crippen molar-refractivity contribution in [1.29, 1.82) is 0 Å². The molecule has 0 aromatic heterocycles. The van der Waals surface area contributed by atoms with Gasteiger partial charge in [0.1, 0.15) is 0 Å². The second kappa shape index (κ2) is 5.71. The van der Waals surface area contributed by atoms with Crippen molar-refractivity contribution >= 4 is 11.8 Å². The third-order valence-electron chi connectivity index (χ3n) is 1.82. The zero-order valence-electron chi connectivity index (χ0n) is 9.10. The number of rotatable bonds is 5. The first-order valence-corrected chi connectivity index (χ1v) is 4.62. The third-order valence-corrected chi connectivity index (χ3v) is 1.82. The highest BCUT2D eigenvalue weighted by Crippen LogP contribution is 2.25. The van der Waals surface area contributed by atoms with Crippen LogP contribution in [0.15, 0.2) is 18.2 Å². The molecule has 0 bridgehead atoms. The van der Waals surface area contributed by atoms with Crippen LogP contribution in [-0.2, 0) is 9.63 Å². The molecule has 0 saturated heterocycles. The van der Waals surface area contributed by atoms with Crippen LogP contribution in [0.4, 0.5) is 0 Å². The first kappa shape index (κ1) is 12.8. The normalized spacial score (nSPS) is 9.71. The molecule has 7 nitrogen and oxygen atoms in total. The Hall–Kier alpha value is -2.28. The molecule has 0 heterocycles. The maximum absolute atomic E-state index is 11.4. The first-order valence-electron chi connectivity index (χ1n) is 4.62. The molecule has 0 radical (unpaired) electrons. The molecule has 0 aliphatic rings. The molecule has 0 aliphatic heterocycles. The van der Waals surface area contributed by atoms with Crippen LogP contribution in [0.1, 0.15) is 10.4 Å². The smallest absolute Gasteiger partial charge is 0.274 e. The molecule has 1 aromatic rings. The Morgan fingerprint density at radius 1 is 1.47 bits per heavy atom. The van der Waals surface area contributed by atoms with Crippen LogP contribution >= 0.6 is 0 Å². The fourth-order valence-electron chi connectivity index (χ4n) is 1.06. The van der Waals surface area contributed by atoms with Crippen molar-refractivity contribution in [3.05, 3.63) is 23.8 Å². The summed E-state index contributed by atoms with van der Waals surface area (Å²) >= 11 is 0. The number of methoxy groups -OCH3 is 1. The van der Waals surface area contributed by atoms with Crippen molar-refractivity contribution in [1.82, 2.24) is 5.48 Å². The third kappa shape index (κ3) is 3.65. The molecule has 17 heavy (non-hydrogen) atoms. The Morgan fingerprint density at radius 3 is 2.71 bits per heavy atom. The molecule has 92 valence electrons. The quantitative estimate of drug-likeness (QED) is 0.603. The Morgan fingerprint density at radius 2 is 2.18 bits per heavy atom. The monoisotopic (exact) mass is 240 g/mol. The van der Waals surface area contributed by atoms with E-state index in [1.807, 2.05) is 5.48 Å². The van der Waals surface area contributed by atoms with Crippen molar-refractivity contribution in [2.45, 2.75) is 0 Å². The number of amides is 2. The zero-order chi connectivity index (χ0) is 12.8. The van der Waals surface area contributed by atoms with Gasteiger partial charge in [-0.15, -0.1) is 0 Å². The minimum Gasteiger partial charge on any atom is -0.504 e. The SMILES string of the molecule is COc1ccc(C(=O)NOCC(N)=O)cc1O. The van der Waals surface area contributed by atoms with Gasteiger partial charge in [-0.2, -0.15) is 0 Å². The average Bonchev–Trinajstić information content (AvgIpc) is 2.28. The molecule has 7 heteroatoms. The lowest BCUT2D eigenvalue weighted by Crippen LogP contribution is -2.29. The fraction of sp³-hybridized carbons (Fsp3) is 0.200. The summed E-state index contributed by atoms with van der Waals surface area (Å²) in [6, 6.07) is 4.07. The summed E-state index contributed by atoms with van der Waals surface area (Å²) in [7, 11) is 1.39. The summed E-state index contributed by atoms with van der Waals surface area (Å²) in [6.07, 6.45) is 0. The molecule has 1 rings (SSSR count). The highest BCUT2D eigenvalue weighted by Gasteiger charge is 2.09. The van der Waals surface area contributed by atoms with E-state index in [9.17, 15) is 14.7 Å². The van der Waals surface area contributed by atoms with E-state index in [-0.39, 0.29) is 17.1 Å². The van der Waals surface area contributed by atoms with Crippen LogP contribution in [0.2, 0.25) is 0 Å². The summed E-state index contributed by atoms with van der Waals surface area (Å²) in [4.78, 5) is 26.3. The van der Waals surface area contributed by atoms with E-state index in [2.05, 4.69) is 4.84 Å². The lowest BCUT2D eigenvalue weighted by Gasteiger charge is -2.06. The number of aromatic hydroxyl groups is 1. The minimum atomic E-state index is -0.706. The summed E-state index contributed by atoms with van der Waals surface area (Å²) in [5.41, 5.74) is 6.97. The Balaban J connectivity index is 2.63. The summed E-state index contributed by atoms with van der Waals surface area (Å²) in [6.45, 7) is -0.423. The topological polar surface area (TPSA) is 111 Å². The zero-order valence-corrected chi connectivity index (χ0v) is 9.10. The van der Waals surface area contributed by atoms with Gasteiger partial charge in [0.05, 0.1) is 7.11 Å². The van der Waals surface area contributed by atoms with Crippen LogP contribution in [0.5, 0.6) is 11.5 Å². The molecule has 0 unspecified atom stereocenters. The van der Waals surface area contributed by atoms with Crippen molar-refractivity contribution in [2.75, 3.05) is 13.7 Å². The number of ether oxygens (including phenoxy) is 1. The first-order chi connectivity index (χ1) is 8.04. The van der Waals surface area contributed by atoms with Crippen molar-refractivity contribution in [3.8, 4) is 11.5 Å². The van der Waals surface area contributed by atoms with Gasteiger partial charge in [0.2, 0.25) is 5.91 Å². The van der Waals surface area contributed by atoms with Crippen LogP contribution in [0.25, 0.3) is 0 Å². The largest absolute Gasteiger partial charge is 0.504 e. The van der Waals surface area contributed by atoms with Gasteiger partial charge >= 0.3 is 0 Å². The summed E-state index contributed by atoms with van der Waals surface area (Å²) < 4.78 is 4.82. The van der Waals surface area contributed by atoms with Gasteiger partial charge in [0, 0.05) is 5.56 Å². The lowest BCUT2D eigenvalue weighted by atomic mass is 10.2. The average molecular weight is 240 g/mol. The predicted octanol–water partition coefficient (Wildman–Crippen LogP) is -0.453. The number of benzene rings is 1. The standard InChI is InChI=1S/C10H12N2O5/c1-16-8-3-2-6(4-7(8)13)10(15)12-17-5-9(11)14/h2-4,13H,5H2,1H3,(H2,11,14)(H,12,15). The number of hydroxylamine groups is 1. The van der Waals surface area contributed by atoms with Gasteiger partial charge < -0.3 is 15.6 Å². The van der Waals surface area contributed by atoms with E-state index < -0.39 is 18.4 Å². The molecule has 4 N–H and O–H groups in total. The molecular weight excluding hydrogens is 228 g/mol. The van der Waals surface area contributed by atoms with E-state index in [0.29, 0.717) is 0 Å². The van der Waals surface area contributed by atoms with Gasteiger partial charge in [-0.05, 0) is 18.2 Å². The number of nitrogens with one attached hydrogen (secondary N) is 1. The number of carbonyl (C=O) groups excluding carboxylic acids is 2. The van der Waals surface area contributed by atoms with Crippen LogP contribution in [0.3, 0.4) is 0 Å². The number of phenols is 1. The van der Waals surface area contributed by atoms with Gasteiger partial charge in [-0.1, -0.05) is 0 Å². The van der Waals surface area contributed by atoms with Crippen molar-refractivity contribution < 1.29 is 24.3 Å². The van der Waals surface area contributed by atoms with E-state index in [4.69, 9.17) is 10.5 Å². The van der Waals surface area contributed by atoms with Gasteiger partial charge in [0.15, 0.2) is 18.1 Å². The molecule has 0 atom stereocenters. The second-order valence-electron chi connectivity index (χ2n) is 3.07. The van der Waals surface area contributed by atoms with Gasteiger partial charge in [0.25, 0.3) is 5.91 Å². The minimum absolute atomic E-state index is 0.160. The summed E-state index contributed by atoms with van der Waals surface area (Å²) in [5, 5.41) is 9.43. The lowest BCUT2D eigenvalue weighted by molar-refractivity contribution is -0.124. The molecule has 1 aromatic carbocycles. The fourth-order valence-corrected chi connectivity index (χ4v) is 1.06. The molecule has 0 saturated carbocycles. The van der Waals surface area contributed by atoms with Crippen LogP contribution in [0, 0.1) is 0 Å². The number of hydrogen-bond acceptors (Lipinski definition) is 5. The molecular formula is C10H12N2O5. The van der Waals surface area contributed by atoms with Crippen LogP contribution < -0.4 is 16.0 Å². The highest BCUT2D eigenvalue weighted by molar-refractivity contribution is 5.94. The maximum atomic E-state index is 11.4. The van der Waals surface area contributed by atoms with Crippen molar-refractivity contribution in [2.24, 2.45) is 5.73 Å². The molecule has 2 amide bonds. The number of phenolic OH excluding ortho intramolecular Hbond substituents is 1. The number of primary amides is 1. The number of nitrogens with two attached hydrogens (primary N) is 1. The predicted molar refractivity (Wildman–Crippen MR) is 57.3 cm³/mol. The Bertz CT molecular complexity index is 433. The van der Waals surface area contributed by atoms with E-state index in [0.717, 1.165) is 0 Å². The van der Waals surface area contributed by atoms with Crippen LogP contribution in [-0.4, -0.2) is 30.6 Å². The molecule has 0 aliphatic carbocycles. The Labute approximate surface area is 97.1 Å². The second-order valence-corrected chi connectivity index (χ2v) is 3.07. The van der Waals surface area contributed by atoms with E-state index >= 15 is 0 Å². The number of hydrogen-bond donors (Lipinski definition) is 3. The number of carbonyl (C=O) groups is 2. The summed E-state index contributed by atoms with van der Waals surface area (Å²) in [5.74, 6) is -1.23. The van der Waals surface area contributed by atoms with Gasteiger partial charge in [-0.3, -0.25) is 14.4 Å². The molecule has 0 fully saturated rings. The maximum Gasteiger partial charge on any atom is 0.274 e. The molecule has 0 spiro atoms. The van der Waals surface area contributed by atoms with E-state index in [1.165, 1.54) is 25.3 Å². The van der Waals surface area contributed by atoms with Crippen molar-refractivity contribution in [3.63, 3.8) is 0 Å².